The van der Waals surface area contributed by atoms with E-state index in [2.05, 4.69) is 0 Å². The van der Waals surface area contributed by atoms with Gasteiger partial charge in [-0.15, -0.1) is 0 Å². The van der Waals surface area contributed by atoms with Crippen LogP contribution < -0.4 is 0 Å². The Kier molecular flexibility index (Phi) is 3.90. The standard InChI is InChI=1S/C10H9Cl2FO/c1-6(2-3-14)7-4-8(11)10(13)9(12)5-7/h3-6H,2H2,1H3. The summed E-state index contributed by atoms with van der Waals surface area (Å²) in [6.07, 6.45) is 1.19. The van der Waals surface area contributed by atoms with Crippen molar-refractivity contribution < 1.29 is 9.18 Å². The van der Waals surface area contributed by atoms with Gasteiger partial charge in [0.1, 0.15) is 6.29 Å². The molecule has 1 atom stereocenters. The van der Waals surface area contributed by atoms with Crippen molar-refractivity contribution in [3.05, 3.63) is 33.6 Å². The van der Waals surface area contributed by atoms with Gasteiger partial charge in [0.2, 0.25) is 0 Å². The van der Waals surface area contributed by atoms with Crippen molar-refractivity contribution in [2.24, 2.45) is 0 Å². The highest BCUT2D eigenvalue weighted by Gasteiger charge is 2.11. The molecule has 0 amide bonds. The molecular formula is C10H9Cl2FO. The molecule has 0 saturated carbocycles. The summed E-state index contributed by atoms with van der Waals surface area (Å²) in [5.74, 6) is -0.613. The normalized spacial score (nSPS) is 12.6. The monoisotopic (exact) mass is 234 g/mol. The van der Waals surface area contributed by atoms with E-state index in [1.54, 1.807) is 0 Å². The van der Waals surface area contributed by atoms with Crippen LogP contribution in [0.5, 0.6) is 0 Å². The lowest BCUT2D eigenvalue weighted by Crippen LogP contribution is -1.95. The summed E-state index contributed by atoms with van der Waals surface area (Å²) < 4.78 is 13.0. The fourth-order valence-corrected chi connectivity index (χ4v) is 1.64. The van der Waals surface area contributed by atoms with Crippen LogP contribution in [0.4, 0.5) is 4.39 Å². The molecule has 0 aliphatic rings. The van der Waals surface area contributed by atoms with Gasteiger partial charge in [0.15, 0.2) is 5.82 Å². The number of hydrogen-bond donors (Lipinski definition) is 0. The quantitative estimate of drug-likeness (QED) is 0.574. The highest BCUT2D eigenvalue weighted by molar-refractivity contribution is 6.35. The van der Waals surface area contributed by atoms with Crippen molar-refractivity contribution in [3.63, 3.8) is 0 Å². The van der Waals surface area contributed by atoms with E-state index in [0.29, 0.717) is 6.42 Å². The number of rotatable bonds is 3. The van der Waals surface area contributed by atoms with Gasteiger partial charge in [-0.25, -0.2) is 4.39 Å². The van der Waals surface area contributed by atoms with E-state index in [9.17, 15) is 9.18 Å². The van der Waals surface area contributed by atoms with Crippen molar-refractivity contribution in [1.82, 2.24) is 0 Å². The Morgan fingerprint density at radius 3 is 2.36 bits per heavy atom. The van der Waals surface area contributed by atoms with E-state index < -0.39 is 5.82 Å². The van der Waals surface area contributed by atoms with Crippen molar-refractivity contribution in [1.29, 1.82) is 0 Å². The first-order valence-electron chi connectivity index (χ1n) is 4.14. The Balaban J connectivity index is 3.05. The lowest BCUT2D eigenvalue weighted by atomic mass is 9.98. The number of halogens is 3. The Hall–Kier alpha value is -0.600. The molecule has 0 saturated heterocycles. The van der Waals surface area contributed by atoms with Crippen molar-refractivity contribution in [2.75, 3.05) is 0 Å². The molecule has 1 nitrogen and oxygen atoms in total. The molecule has 0 N–H and O–H groups in total. The average molecular weight is 235 g/mol. The number of aldehydes is 1. The van der Waals surface area contributed by atoms with Crippen LogP contribution in [0, 0.1) is 5.82 Å². The summed E-state index contributed by atoms with van der Waals surface area (Å²) in [6, 6.07) is 2.99. The van der Waals surface area contributed by atoms with Gasteiger partial charge in [-0.05, 0) is 23.6 Å². The molecule has 0 radical (unpaired) electrons. The molecule has 0 aliphatic heterocycles. The summed E-state index contributed by atoms with van der Waals surface area (Å²) in [4.78, 5) is 10.3. The Bertz CT molecular complexity index is 329. The predicted molar refractivity (Wildman–Crippen MR) is 55.5 cm³/mol. The molecule has 0 fully saturated rings. The molecule has 1 unspecified atom stereocenters. The Morgan fingerprint density at radius 1 is 1.43 bits per heavy atom. The van der Waals surface area contributed by atoms with Gasteiger partial charge in [0.25, 0.3) is 0 Å². The lowest BCUT2D eigenvalue weighted by Gasteiger charge is -2.09. The van der Waals surface area contributed by atoms with Crippen molar-refractivity contribution in [2.45, 2.75) is 19.3 Å². The van der Waals surface area contributed by atoms with Gasteiger partial charge in [-0.2, -0.15) is 0 Å². The van der Waals surface area contributed by atoms with Crippen LogP contribution in [0.15, 0.2) is 12.1 Å². The summed E-state index contributed by atoms with van der Waals surface area (Å²) in [5.41, 5.74) is 0.772. The Labute approximate surface area is 91.8 Å². The van der Waals surface area contributed by atoms with Gasteiger partial charge in [-0.1, -0.05) is 30.1 Å². The van der Waals surface area contributed by atoms with E-state index in [1.807, 2.05) is 6.92 Å². The number of hydrogen-bond acceptors (Lipinski definition) is 1. The highest BCUT2D eigenvalue weighted by atomic mass is 35.5. The number of carbonyl (C=O) groups is 1. The summed E-state index contributed by atoms with van der Waals surface area (Å²) in [6.45, 7) is 1.86. The number of carbonyl (C=O) groups excluding carboxylic acids is 1. The smallest absolute Gasteiger partial charge is 0.160 e. The zero-order valence-electron chi connectivity index (χ0n) is 7.56. The van der Waals surface area contributed by atoms with Gasteiger partial charge < -0.3 is 4.79 Å². The zero-order chi connectivity index (χ0) is 10.7. The second kappa shape index (κ2) is 4.76. The molecule has 0 aromatic heterocycles. The molecular weight excluding hydrogens is 226 g/mol. The molecule has 0 bridgehead atoms. The largest absolute Gasteiger partial charge is 0.303 e. The van der Waals surface area contributed by atoms with E-state index in [0.717, 1.165) is 11.8 Å². The third kappa shape index (κ3) is 2.46. The van der Waals surface area contributed by atoms with Gasteiger partial charge in [0, 0.05) is 6.42 Å². The minimum absolute atomic E-state index is 0.00287. The fraction of sp³-hybridized carbons (Fsp3) is 0.300. The molecule has 0 aliphatic carbocycles. The fourth-order valence-electron chi connectivity index (χ4n) is 1.14. The van der Waals surface area contributed by atoms with Crippen LogP contribution >= 0.6 is 23.2 Å². The van der Waals surface area contributed by atoms with E-state index >= 15 is 0 Å². The molecule has 0 heterocycles. The molecule has 0 spiro atoms. The summed E-state index contributed by atoms with van der Waals surface area (Å²) >= 11 is 11.2. The highest BCUT2D eigenvalue weighted by Crippen LogP contribution is 2.29. The molecule has 1 aromatic rings. The maximum absolute atomic E-state index is 13.0. The molecule has 1 rings (SSSR count). The Morgan fingerprint density at radius 2 is 1.93 bits per heavy atom. The van der Waals surface area contributed by atoms with Crippen LogP contribution in [0.3, 0.4) is 0 Å². The van der Waals surface area contributed by atoms with Crippen molar-refractivity contribution >= 4 is 29.5 Å². The summed E-state index contributed by atoms with van der Waals surface area (Å²) in [7, 11) is 0. The van der Waals surface area contributed by atoms with Gasteiger partial charge >= 0.3 is 0 Å². The van der Waals surface area contributed by atoms with Crippen LogP contribution in [-0.4, -0.2) is 6.29 Å². The van der Waals surface area contributed by atoms with E-state index in [1.165, 1.54) is 12.1 Å². The first kappa shape index (κ1) is 11.5. The average Bonchev–Trinajstić information content (AvgIpc) is 2.13. The third-order valence-corrected chi connectivity index (χ3v) is 2.58. The molecule has 14 heavy (non-hydrogen) atoms. The molecule has 1 aromatic carbocycles. The minimum atomic E-state index is -0.615. The lowest BCUT2D eigenvalue weighted by molar-refractivity contribution is -0.108. The predicted octanol–water partition coefficient (Wildman–Crippen LogP) is 3.83. The molecule has 76 valence electrons. The van der Waals surface area contributed by atoms with E-state index in [-0.39, 0.29) is 16.0 Å². The van der Waals surface area contributed by atoms with Crippen LogP contribution in [0.2, 0.25) is 10.0 Å². The SMILES string of the molecule is CC(CC=O)c1cc(Cl)c(F)c(Cl)c1. The second-order valence-corrected chi connectivity index (χ2v) is 3.92. The second-order valence-electron chi connectivity index (χ2n) is 3.10. The van der Waals surface area contributed by atoms with Gasteiger partial charge in [0.05, 0.1) is 10.0 Å². The first-order chi connectivity index (χ1) is 6.56. The van der Waals surface area contributed by atoms with Crippen LogP contribution in [0.25, 0.3) is 0 Å². The number of benzene rings is 1. The minimum Gasteiger partial charge on any atom is -0.303 e. The summed E-state index contributed by atoms with van der Waals surface area (Å²) in [5, 5.41) is -0.0181. The third-order valence-electron chi connectivity index (χ3n) is 2.02. The van der Waals surface area contributed by atoms with E-state index in [4.69, 9.17) is 23.2 Å². The van der Waals surface area contributed by atoms with Crippen molar-refractivity contribution in [3.8, 4) is 0 Å². The molecule has 4 heteroatoms. The zero-order valence-corrected chi connectivity index (χ0v) is 9.07. The van der Waals surface area contributed by atoms with Gasteiger partial charge in [-0.3, -0.25) is 0 Å². The topological polar surface area (TPSA) is 17.1 Å². The first-order valence-corrected chi connectivity index (χ1v) is 4.90. The maximum atomic E-state index is 13.0. The van der Waals surface area contributed by atoms with Crippen LogP contribution in [0.1, 0.15) is 24.8 Å². The maximum Gasteiger partial charge on any atom is 0.160 e. The van der Waals surface area contributed by atoms with Crippen LogP contribution in [-0.2, 0) is 4.79 Å².